The van der Waals surface area contributed by atoms with Gasteiger partial charge in [-0.15, -0.1) is 0 Å². The fraction of sp³-hybridized carbons (Fsp3) is 0.519. The minimum atomic E-state index is -4.25. The number of ether oxygens (including phenoxy) is 2. The molecule has 1 aliphatic heterocycles. The Balaban J connectivity index is 1.34. The molecule has 2 aromatic heterocycles. The highest BCUT2D eigenvalue weighted by molar-refractivity contribution is 7.52. The lowest BCUT2D eigenvalue weighted by Crippen LogP contribution is -2.41. The molecule has 1 aliphatic carbocycles. The molecule has 222 valence electrons. The van der Waals surface area contributed by atoms with E-state index in [1.807, 2.05) is 6.07 Å². The number of anilines is 1. The molecule has 2 fully saturated rings. The average molecular weight is 592 g/mol. The van der Waals surface area contributed by atoms with E-state index in [0.29, 0.717) is 17.2 Å². The molecule has 5 rings (SSSR count). The summed E-state index contributed by atoms with van der Waals surface area (Å²) in [5.74, 6) is -0.454. The molecule has 0 spiro atoms. The number of nitrogens with zero attached hydrogens (tertiary/aromatic N) is 3. The highest BCUT2D eigenvalue weighted by atomic mass is 31.2. The van der Waals surface area contributed by atoms with E-state index in [0.717, 1.165) is 18.5 Å². The largest absolute Gasteiger partial charge is 0.462 e. The monoisotopic (exact) mass is 591 g/mol. The molecule has 0 amide bonds. The standard InChI is InChI=1S/C27H35FN5O7P/c1-16(2)38-25(35)17(3)32-41(36,40-19-8-6-5-7-9-19)37-14-21-23(34)27(4,28)26(39-21)33-15-30-22-20(31-18-10-11-18)12-13-29-24(22)33/h5-9,12-13,15-18,21,23,26,34H,10-11,14H2,1-4H3,(H,29,31)(H,32,36)/t17-,21+,23+,26+,27+,41-/m0/s1. The van der Waals surface area contributed by atoms with Gasteiger partial charge in [0.2, 0.25) is 0 Å². The molecule has 12 nitrogen and oxygen atoms in total. The van der Waals surface area contributed by atoms with Crippen LogP contribution in [0.25, 0.3) is 11.2 Å². The number of alkyl halides is 1. The Kier molecular flexibility index (Phi) is 8.36. The van der Waals surface area contributed by atoms with Gasteiger partial charge >= 0.3 is 13.7 Å². The zero-order valence-corrected chi connectivity index (χ0v) is 24.2. The van der Waals surface area contributed by atoms with Gasteiger partial charge in [-0.1, -0.05) is 18.2 Å². The van der Waals surface area contributed by atoms with Crippen LogP contribution < -0.4 is 14.9 Å². The van der Waals surface area contributed by atoms with Crippen molar-refractivity contribution in [2.75, 3.05) is 11.9 Å². The van der Waals surface area contributed by atoms with Crippen molar-refractivity contribution in [3.8, 4) is 5.75 Å². The van der Waals surface area contributed by atoms with Crippen LogP contribution in [0.5, 0.6) is 5.75 Å². The van der Waals surface area contributed by atoms with Gasteiger partial charge in [-0.25, -0.2) is 18.9 Å². The number of pyridine rings is 1. The van der Waals surface area contributed by atoms with Gasteiger partial charge in [-0.05, 0) is 58.7 Å². The highest BCUT2D eigenvalue weighted by Gasteiger charge is 2.56. The number of halogens is 1. The minimum absolute atomic E-state index is 0.209. The van der Waals surface area contributed by atoms with Gasteiger partial charge in [0.25, 0.3) is 0 Å². The number of aliphatic hydroxyl groups is 1. The predicted octanol–water partition coefficient (Wildman–Crippen LogP) is 4.13. The summed E-state index contributed by atoms with van der Waals surface area (Å²) >= 11 is 0. The van der Waals surface area contributed by atoms with E-state index in [4.69, 9.17) is 18.5 Å². The number of carbonyl (C=O) groups excluding carboxylic acids is 1. The van der Waals surface area contributed by atoms with E-state index in [-0.39, 0.29) is 5.75 Å². The fourth-order valence-electron chi connectivity index (χ4n) is 4.53. The number of imidazole rings is 1. The molecule has 2 aliphatic rings. The molecule has 41 heavy (non-hydrogen) atoms. The molecule has 14 heteroatoms. The quantitative estimate of drug-likeness (QED) is 0.206. The number of para-hydroxylation sites is 1. The molecule has 0 bridgehead atoms. The third kappa shape index (κ3) is 6.54. The van der Waals surface area contributed by atoms with Crippen LogP contribution in [0.3, 0.4) is 0 Å². The first-order valence-electron chi connectivity index (χ1n) is 13.5. The summed E-state index contributed by atoms with van der Waals surface area (Å²) in [5.41, 5.74) is -0.559. The van der Waals surface area contributed by atoms with Crippen molar-refractivity contribution in [3.63, 3.8) is 0 Å². The number of carbonyl (C=O) groups is 1. The van der Waals surface area contributed by atoms with Crippen LogP contribution in [0.15, 0.2) is 48.9 Å². The number of esters is 1. The van der Waals surface area contributed by atoms with E-state index in [9.17, 15) is 14.5 Å². The maximum absolute atomic E-state index is 16.0. The third-order valence-electron chi connectivity index (χ3n) is 6.80. The Bertz CT molecular complexity index is 1420. The van der Waals surface area contributed by atoms with Gasteiger partial charge in [-0.3, -0.25) is 13.9 Å². The van der Waals surface area contributed by atoms with Crippen molar-refractivity contribution in [1.82, 2.24) is 19.6 Å². The second-order valence-electron chi connectivity index (χ2n) is 10.8. The van der Waals surface area contributed by atoms with Crippen LogP contribution in [0.2, 0.25) is 0 Å². The lowest BCUT2D eigenvalue weighted by Gasteiger charge is -2.25. The Labute approximate surface area is 237 Å². The molecule has 3 aromatic rings. The Morgan fingerprint density at radius 2 is 1.98 bits per heavy atom. The van der Waals surface area contributed by atoms with Gasteiger partial charge in [0.05, 0.1) is 24.7 Å². The van der Waals surface area contributed by atoms with Crippen molar-refractivity contribution >= 4 is 30.6 Å². The fourth-order valence-corrected chi connectivity index (χ4v) is 6.03. The number of nitrogens with one attached hydrogen (secondary N) is 2. The summed E-state index contributed by atoms with van der Waals surface area (Å²) in [7, 11) is -4.25. The molecule has 1 aromatic carbocycles. The lowest BCUT2D eigenvalue weighted by molar-refractivity contribution is -0.149. The van der Waals surface area contributed by atoms with Crippen LogP contribution in [0.1, 0.15) is 46.8 Å². The van der Waals surface area contributed by atoms with Crippen LogP contribution in [-0.2, 0) is 23.4 Å². The molecular formula is C27H35FN5O7P. The average Bonchev–Trinajstić information content (AvgIpc) is 3.58. The topological polar surface area (TPSA) is 146 Å². The molecule has 0 radical (unpaired) electrons. The van der Waals surface area contributed by atoms with Gasteiger partial charge in [-0.2, -0.15) is 5.09 Å². The van der Waals surface area contributed by atoms with Crippen LogP contribution in [0, 0.1) is 0 Å². The van der Waals surface area contributed by atoms with Gasteiger partial charge < -0.3 is 24.4 Å². The summed E-state index contributed by atoms with van der Waals surface area (Å²) in [5, 5.41) is 16.9. The number of hydrogen-bond acceptors (Lipinski definition) is 10. The Morgan fingerprint density at radius 3 is 2.66 bits per heavy atom. The third-order valence-corrected chi connectivity index (χ3v) is 8.45. The van der Waals surface area contributed by atoms with Crippen molar-refractivity contribution in [1.29, 1.82) is 0 Å². The van der Waals surface area contributed by atoms with Crippen LogP contribution >= 0.6 is 7.75 Å². The number of aliphatic hydroxyl groups excluding tert-OH is 1. The summed E-state index contributed by atoms with van der Waals surface area (Å²) in [4.78, 5) is 21.2. The van der Waals surface area contributed by atoms with Crippen molar-refractivity contribution in [3.05, 3.63) is 48.9 Å². The van der Waals surface area contributed by atoms with Gasteiger partial charge in [0.15, 0.2) is 17.5 Å². The maximum Gasteiger partial charge on any atom is 0.459 e. The van der Waals surface area contributed by atoms with E-state index >= 15 is 4.39 Å². The summed E-state index contributed by atoms with van der Waals surface area (Å²) in [6, 6.07) is 9.34. The van der Waals surface area contributed by atoms with Crippen molar-refractivity contribution in [2.24, 2.45) is 0 Å². The highest BCUT2D eigenvalue weighted by Crippen LogP contribution is 2.48. The summed E-state index contributed by atoms with van der Waals surface area (Å²) in [6.07, 6.45) is 0.551. The number of rotatable bonds is 12. The first-order valence-corrected chi connectivity index (χ1v) is 15.1. The second-order valence-corrected chi connectivity index (χ2v) is 12.5. The predicted molar refractivity (Wildman–Crippen MR) is 148 cm³/mol. The zero-order chi connectivity index (χ0) is 29.4. The second kappa shape index (κ2) is 11.7. The molecule has 3 heterocycles. The minimum Gasteiger partial charge on any atom is -0.462 e. The lowest BCUT2D eigenvalue weighted by atomic mass is 9.98. The van der Waals surface area contributed by atoms with E-state index in [1.165, 1.54) is 24.7 Å². The number of fused-ring (bicyclic) bond motifs is 1. The Morgan fingerprint density at radius 1 is 1.24 bits per heavy atom. The van der Waals surface area contributed by atoms with Crippen LogP contribution in [-0.4, -0.2) is 68.3 Å². The normalized spacial score (nSPS) is 26.6. The van der Waals surface area contributed by atoms with E-state index < -0.39 is 56.6 Å². The SMILES string of the molecule is CC(C)OC(=O)[C@H](C)N[P@](=O)(OC[C@H]1O[C@@H](n2cnc3c(NC4CC4)ccnc32)[C@](C)(F)[C@@H]1O)Oc1ccccc1. The smallest absolute Gasteiger partial charge is 0.459 e. The molecule has 1 saturated carbocycles. The summed E-state index contributed by atoms with van der Waals surface area (Å²) < 4.78 is 53.7. The molecule has 0 unspecified atom stereocenters. The van der Waals surface area contributed by atoms with Gasteiger partial charge in [0.1, 0.15) is 29.5 Å². The Hall–Kier alpha value is -3.09. The van der Waals surface area contributed by atoms with Gasteiger partial charge in [0, 0.05) is 12.2 Å². The molecule has 3 N–H and O–H groups in total. The first kappa shape index (κ1) is 29.4. The van der Waals surface area contributed by atoms with E-state index in [1.54, 1.807) is 50.4 Å². The molecule has 1 saturated heterocycles. The molecule has 6 atom stereocenters. The number of benzene rings is 1. The zero-order valence-electron chi connectivity index (χ0n) is 23.3. The first-order chi connectivity index (χ1) is 19.5. The summed E-state index contributed by atoms with van der Waals surface area (Å²) in [6.45, 7) is 5.52. The van der Waals surface area contributed by atoms with Crippen LogP contribution in [0.4, 0.5) is 10.1 Å². The molecular weight excluding hydrogens is 556 g/mol. The maximum atomic E-state index is 16.0. The van der Waals surface area contributed by atoms with E-state index in [2.05, 4.69) is 20.4 Å². The van der Waals surface area contributed by atoms with Crippen molar-refractivity contribution < 1.29 is 37.4 Å². The number of aromatic nitrogens is 3. The number of hydrogen-bond donors (Lipinski definition) is 3. The van der Waals surface area contributed by atoms with Crippen molar-refractivity contribution in [2.45, 2.75) is 82.8 Å².